The number of alkyl halides is 1. The van der Waals surface area contributed by atoms with Crippen LogP contribution in [-0.4, -0.2) is 41.3 Å². The molecule has 0 unspecified atom stereocenters. The molecular weight excluding hydrogens is 444 g/mol. The van der Waals surface area contributed by atoms with Gasteiger partial charge in [0.2, 0.25) is 0 Å². The molecule has 1 fully saturated rings. The Morgan fingerprint density at radius 1 is 1.16 bits per heavy atom. The van der Waals surface area contributed by atoms with E-state index in [0.29, 0.717) is 18.0 Å². The topological polar surface area (TPSA) is 63.2 Å². The Morgan fingerprint density at radius 3 is 2.72 bits per heavy atom. The maximum atomic E-state index is 13.2. The molecule has 0 atom stereocenters. The van der Waals surface area contributed by atoms with Crippen LogP contribution in [0.3, 0.4) is 0 Å². The standard InChI is InChI=1S/C23H28FN5OS2/c1-3-21-20(13-24)28-23(32-21)31-15-18-11-19(29-7-9-30-10-8-29)12-22(27-18)25-14-17-6-4-5-16(2)26-17/h4-6,11-12H,3,7-10,13-15H2,1-2H3,(H,25,27)/i24-1. The maximum absolute atomic E-state index is 13.2. The number of nitrogens with zero attached hydrogens (tertiary/aromatic N) is 4. The Labute approximate surface area is 196 Å². The normalized spacial score (nSPS) is 14.0. The second kappa shape index (κ2) is 11.1. The van der Waals surface area contributed by atoms with Crippen LogP contribution in [0.4, 0.5) is 15.9 Å². The molecule has 0 spiro atoms. The third-order valence-electron chi connectivity index (χ3n) is 5.19. The van der Waals surface area contributed by atoms with E-state index in [-0.39, 0.29) is 0 Å². The lowest BCUT2D eigenvalue weighted by molar-refractivity contribution is 0.122. The number of halogens is 1. The van der Waals surface area contributed by atoms with E-state index >= 15 is 0 Å². The molecular formula is C23H28FN5OS2. The van der Waals surface area contributed by atoms with Gasteiger partial charge in [-0.3, -0.25) is 4.98 Å². The van der Waals surface area contributed by atoms with E-state index in [0.717, 1.165) is 70.5 Å². The minimum Gasteiger partial charge on any atom is -0.378 e. The first-order valence-corrected chi connectivity index (χ1v) is 12.6. The van der Waals surface area contributed by atoms with Crippen molar-refractivity contribution in [3.8, 4) is 0 Å². The van der Waals surface area contributed by atoms with Gasteiger partial charge in [0.1, 0.15) is 12.5 Å². The van der Waals surface area contributed by atoms with Crippen LogP contribution in [-0.2, 0) is 30.1 Å². The number of ether oxygens (including phenoxy) is 1. The summed E-state index contributed by atoms with van der Waals surface area (Å²) in [4.78, 5) is 17.2. The molecule has 1 aliphatic heterocycles. The molecule has 0 aromatic carbocycles. The van der Waals surface area contributed by atoms with E-state index in [1.54, 1.807) is 23.1 Å². The van der Waals surface area contributed by atoms with Gasteiger partial charge in [-0.25, -0.2) is 14.4 Å². The number of thioether (sulfide) groups is 1. The SMILES string of the molecule is CCc1sc(SCc2cc(N3CCOCC3)cc(NCc3cccc(C)n3)n2)nc1C[18F]. The van der Waals surface area contributed by atoms with Gasteiger partial charge in [0, 0.05) is 41.2 Å². The molecule has 3 aromatic rings. The number of hydrogen-bond donors (Lipinski definition) is 1. The molecule has 3 aromatic heterocycles. The Kier molecular flexibility index (Phi) is 7.94. The van der Waals surface area contributed by atoms with Crippen LogP contribution in [0.15, 0.2) is 34.7 Å². The van der Waals surface area contributed by atoms with Gasteiger partial charge in [0.15, 0.2) is 4.34 Å². The Balaban J connectivity index is 1.51. The number of aromatic nitrogens is 3. The summed E-state index contributed by atoms with van der Waals surface area (Å²) in [5, 5.41) is 3.43. The summed E-state index contributed by atoms with van der Waals surface area (Å²) >= 11 is 3.20. The van der Waals surface area contributed by atoms with Crippen LogP contribution < -0.4 is 10.2 Å². The van der Waals surface area contributed by atoms with Crippen molar-refractivity contribution >= 4 is 34.6 Å². The van der Waals surface area contributed by atoms with E-state index in [1.807, 2.05) is 32.0 Å². The summed E-state index contributed by atoms with van der Waals surface area (Å²) in [6.45, 7) is 7.32. The molecule has 32 heavy (non-hydrogen) atoms. The van der Waals surface area contributed by atoms with Crippen LogP contribution in [0, 0.1) is 6.92 Å². The van der Waals surface area contributed by atoms with Crippen molar-refractivity contribution in [2.24, 2.45) is 0 Å². The Hall–Kier alpha value is -2.23. The van der Waals surface area contributed by atoms with Crippen LogP contribution in [0.2, 0.25) is 0 Å². The number of anilines is 2. The second-order valence-corrected chi connectivity index (χ2v) is 9.86. The molecule has 0 amide bonds. The molecule has 1 saturated heterocycles. The van der Waals surface area contributed by atoms with E-state index < -0.39 is 6.67 Å². The molecule has 0 bridgehead atoms. The van der Waals surface area contributed by atoms with E-state index in [1.165, 1.54) is 0 Å². The third kappa shape index (κ3) is 5.96. The first-order chi connectivity index (χ1) is 15.6. The average molecular weight is 473 g/mol. The average Bonchev–Trinajstić information content (AvgIpc) is 3.24. The summed E-state index contributed by atoms with van der Waals surface area (Å²) in [7, 11) is 0. The summed E-state index contributed by atoms with van der Waals surface area (Å²) < 4.78 is 19.6. The predicted octanol–water partition coefficient (Wildman–Crippen LogP) is 5.01. The fraction of sp³-hybridized carbons (Fsp3) is 0.435. The molecule has 0 aliphatic carbocycles. The molecule has 1 aliphatic rings. The zero-order valence-electron chi connectivity index (χ0n) is 18.4. The van der Waals surface area contributed by atoms with Crippen molar-refractivity contribution in [1.82, 2.24) is 15.0 Å². The quantitative estimate of drug-likeness (QED) is 0.439. The van der Waals surface area contributed by atoms with Gasteiger partial charge in [-0.15, -0.1) is 11.3 Å². The highest BCUT2D eigenvalue weighted by Crippen LogP contribution is 2.32. The van der Waals surface area contributed by atoms with Crippen molar-refractivity contribution in [2.75, 3.05) is 36.5 Å². The van der Waals surface area contributed by atoms with Crippen molar-refractivity contribution in [2.45, 2.75) is 43.6 Å². The van der Waals surface area contributed by atoms with E-state index in [9.17, 15) is 4.39 Å². The number of hydrogen-bond acceptors (Lipinski definition) is 8. The number of morpholine rings is 1. The number of thiazole rings is 1. The van der Waals surface area contributed by atoms with Gasteiger partial charge in [-0.1, -0.05) is 24.8 Å². The number of aryl methyl sites for hydroxylation is 2. The zero-order valence-corrected chi connectivity index (χ0v) is 20.1. The lowest BCUT2D eigenvalue weighted by atomic mass is 10.2. The summed E-state index contributed by atoms with van der Waals surface area (Å²) in [6, 6.07) is 10.3. The molecule has 6 nitrogen and oxygen atoms in total. The fourth-order valence-corrected chi connectivity index (χ4v) is 5.59. The predicted molar refractivity (Wildman–Crippen MR) is 129 cm³/mol. The van der Waals surface area contributed by atoms with Crippen molar-refractivity contribution < 1.29 is 9.13 Å². The van der Waals surface area contributed by atoms with Crippen molar-refractivity contribution in [3.05, 3.63) is 58.0 Å². The number of pyridine rings is 2. The molecule has 170 valence electrons. The lowest BCUT2D eigenvalue weighted by Gasteiger charge is -2.29. The summed E-state index contributed by atoms with van der Waals surface area (Å²) in [5.74, 6) is 1.50. The van der Waals surface area contributed by atoms with Crippen LogP contribution >= 0.6 is 23.1 Å². The van der Waals surface area contributed by atoms with Gasteiger partial charge in [-0.05, 0) is 31.5 Å². The highest BCUT2D eigenvalue weighted by Gasteiger charge is 2.15. The monoisotopic (exact) mass is 472 g/mol. The Bertz CT molecular complexity index is 1020. The van der Waals surface area contributed by atoms with Gasteiger partial charge in [-0.2, -0.15) is 0 Å². The largest absolute Gasteiger partial charge is 0.378 e. The molecule has 1 N–H and O–H groups in total. The molecule has 0 saturated carbocycles. The second-order valence-electron chi connectivity index (χ2n) is 7.55. The molecule has 4 heterocycles. The molecule has 0 radical (unpaired) electrons. The number of nitrogens with one attached hydrogen (secondary N) is 1. The van der Waals surface area contributed by atoms with Crippen molar-refractivity contribution in [3.63, 3.8) is 0 Å². The highest BCUT2D eigenvalue weighted by molar-refractivity contribution is 8.00. The smallest absolute Gasteiger partial charge is 0.150 e. The zero-order chi connectivity index (χ0) is 22.3. The lowest BCUT2D eigenvalue weighted by Crippen LogP contribution is -2.36. The highest BCUT2D eigenvalue weighted by atomic mass is 32.2. The fourth-order valence-electron chi connectivity index (χ4n) is 3.56. The minimum atomic E-state index is -0.508. The summed E-state index contributed by atoms with van der Waals surface area (Å²) in [6.07, 6.45) is 0.809. The number of rotatable bonds is 9. The first kappa shape index (κ1) is 22.9. The molecule has 9 heteroatoms. The van der Waals surface area contributed by atoms with E-state index in [2.05, 4.69) is 32.3 Å². The van der Waals surface area contributed by atoms with Gasteiger partial charge >= 0.3 is 0 Å². The van der Waals surface area contributed by atoms with Crippen LogP contribution in [0.1, 0.15) is 34.6 Å². The maximum Gasteiger partial charge on any atom is 0.150 e. The summed E-state index contributed by atoms with van der Waals surface area (Å²) in [5.41, 5.74) is 4.65. The Morgan fingerprint density at radius 2 is 2.00 bits per heavy atom. The van der Waals surface area contributed by atoms with Crippen molar-refractivity contribution in [1.29, 1.82) is 0 Å². The van der Waals surface area contributed by atoms with Crippen LogP contribution in [0.25, 0.3) is 0 Å². The van der Waals surface area contributed by atoms with Gasteiger partial charge in [0.05, 0.1) is 36.8 Å². The minimum absolute atomic E-state index is 0.508. The van der Waals surface area contributed by atoms with Crippen LogP contribution in [0.5, 0.6) is 0 Å². The third-order valence-corrected chi connectivity index (χ3v) is 7.60. The first-order valence-electron chi connectivity index (χ1n) is 10.8. The molecule has 4 rings (SSSR count). The van der Waals surface area contributed by atoms with Gasteiger partial charge < -0.3 is 15.0 Å². The van der Waals surface area contributed by atoms with E-state index in [4.69, 9.17) is 9.72 Å². The van der Waals surface area contributed by atoms with Gasteiger partial charge in [0.25, 0.3) is 0 Å².